The molecule has 0 saturated heterocycles. The standard InChI is InChI=1S/C30H18N2/c1-2-5-22-15-27-18-25-17-24(10-9-23(25)16-26(27)14-21(22)4-1)28-12-11-20-8-7-19-6-3-13-31-29(19)30(20)32-28/h1-18H. The van der Waals surface area contributed by atoms with Crippen LogP contribution in [0.25, 0.3) is 65.4 Å². The average molecular weight is 406 g/mol. The number of fused-ring (bicyclic) bond motifs is 6. The fourth-order valence-electron chi connectivity index (χ4n) is 4.74. The Morgan fingerprint density at radius 3 is 1.75 bits per heavy atom. The normalized spacial score (nSPS) is 11.8. The molecule has 0 aliphatic heterocycles. The van der Waals surface area contributed by atoms with Gasteiger partial charge in [0.1, 0.15) is 0 Å². The predicted octanol–water partition coefficient (Wildman–Crippen LogP) is 7.91. The topological polar surface area (TPSA) is 25.8 Å². The highest BCUT2D eigenvalue weighted by atomic mass is 14.7. The van der Waals surface area contributed by atoms with E-state index in [4.69, 9.17) is 4.98 Å². The van der Waals surface area contributed by atoms with Gasteiger partial charge >= 0.3 is 0 Å². The van der Waals surface area contributed by atoms with E-state index in [1.807, 2.05) is 12.3 Å². The predicted molar refractivity (Wildman–Crippen MR) is 135 cm³/mol. The maximum atomic E-state index is 5.02. The van der Waals surface area contributed by atoms with Gasteiger partial charge in [-0.05, 0) is 74.8 Å². The van der Waals surface area contributed by atoms with Gasteiger partial charge in [0, 0.05) is 22.5 Å². The van der Waals surface area contributed by atoms with Crippen LogP contribution in [0.3, 0.4) is 0 Å². The fourth-order valence-corrected chi connectivity index (χ4v) is 4.74. The molecular weight excluding hydrogens is 388 g/mol. The van der Waals surface area contributed by atoms with Gasteiger partial charge in [0.2, 0.25) is 0 Å². The van der Waals surface area contributed by atoms with Gasteiger partial charge in [-0.1, -0.05) is 60.7 Å². The van der Waals surface area contributed by atoms with E-state index >= 15 is 0 Å². The second-order valence-corrected chi connectivity index (χ2v) is 8.37. The molecule has 0 fully saturated rings. The van der Waals surface area contributed by atoms with Crippen molar-refractivity contribution < 1.29 is 0 Å². The summed E-state index contributed by atoms with van der Waals surface area (Å²) < 4.78 is 0. The molecule has 2 heterocycles. The minimum atomic E-state index is 0.950. The van der Waals surface area contributed by atoms with Crippen LogP contribution in [0.4, 0.5) is 0 Å². The third-order valence-electron chi connectivity index (χ3n) is 6.39. The molecule has 7 rings (SSSR count). The smallest absolute Gasteiger partial charge is 0.0972 e. The van der Waals surface area contributed by atoms with Crippen LogP contribution in [0.5, 0.6) is 0 Å². The largest absolute Gasteiger partial charge is 0.254 e. The number of nitrogens with zero attached hydrogens (tertiary/aromatic N) is 2. The molecule has 0 amide bonds. The van der Waals surface area contributed by atoms with Crippen molar-refractivity contribution in [3.63, 3.8) is 0 Å². The quantitative estimate of drug-likeness (QED) is 0.204. The van der Waals surface area contributed by atoms with E-state index in [1.165, 1.54) is 32.3 Å². The van der Waals surface area contributed by atoms with Gasteiger partial charge < -0.3 is 0 Å². The molecule has 32 heavy (non-hydrogen) atoms. The Labute approximate surface area is 184 Å². The molecule has 0 aliphatic carbocycles. The van der Waals surface area contributed by atoms with E-state index in [9.17, 15) is 0 Å². The van der Waals surface area contributed by atoms with Gasteiger partial charge in [0.15, 0.2) is 0 Å². The molecule has 0 spiro atoms. The second kappa shape index (κ2) is 6.60. The van der Waals surface area contributed by atoms with E-state index in [1.54, 1.807) is 0 Å². The van der Waals surface area contributed by atoms with Crippen molar-refractivity contribution in [1.82, 2.24) is 9.97 Å². The molecule has 0 unspecified atom stereocenters. The molecule has 0 atom stereocenters. The molecule has 0 aliphatic rings. The molecule has 2 aromatic heterocycles. The monoisotopic (exact) mass is 406 g/mol. The highest BCUT2D eigenvalue weighted by molar-refractivity contribution is 6.06. The Kier molecular flexibility index (Phi) is 3.58. The van der Waals surface area contributed by atoms with Gasteiger partial charge in [0.25, 0.3) is 0 Å². The second-order valence-electron chi connectivity index (χ2n) is 8.37. The first-order valence-electron chi connectivity index (χ1n) is 10.8. The summed E-state index contributed by atoms with van der Waals surface area (Å²) in [5.41, 5.74) is 3.99. The van der Waals surface area contributed by atoms with Gasteiger partial charge in [-0.2, -0.15) is 0 Å². The third-order valence-corrected chi connectivity index (χ3v) is 6.39. The minimum absolute atomic E-state index is 0.950. The maximum Gasteiger partial charge on any atom is 0.0972 e. The van der Waals surface area contributed by atoms with Crippen molar-refractivity contribution in [2.75, 3.05) is 0 Å². The minimum Gasteiger partial charge on any atom is -0.254 e. The molecule has 5 aromatic carbocycles. The number of hydrogen-bond donors (Lipinski definition) is 0. The lowest BCUT2D eigenvalue weighted by Gasteiger charge is -2.09. The van der Waals surface area contributed by atoms with Crippen molar-refractivity contribution in [1.29, 1.82) is 0 Å². The van der Waals surface area contributed by atoms with Gasteiger partial charge in [-0.3, -0.25) is 4.98 Å². The lowest BCUT2D eigenvalue weighted by molar-refractivity contribution is 1.37. The van der Waals surface area contributed by atoms with E-state index in [0.29, 0.717) is 0 Å². The van der Waals surface area contributed by atoms with E-state index in [0.717, 1.165) is 33.1 Å². The molecule has 0 N–H and O–H groups in total. The van der Waals surface area contributed by atoms with Gasteiger partial charge in [0.05, 0.1) is 16.7 Å². The van der Waals surface area contributed by atoms with Crippen LogP contribution in [0, 0.1) is 0 Å². The van der Waals surface area contributed by atoms with Crippen LogP contribution >= 0.6 is 0 Å². The summed E-state index contributed by atoms with van der Waals surface area (Å²) in [6.45, 7) is 0. The third kappa shape index (κ3) is 2.67. The fraction of sp³-hybridized carbons (Fsp3) is 0. The molecule has 2 heteroatoms. The van der Waals surface area contributed by atoms with Gasteiger partial charge in [-0.25, -0.2) is 4.98 Å². The molecule has 0 radical (unpaired) electrons. The van der Waals surface area contributed by atoms with Crippen molar-refractivity contribution in [3.8, 4) is 11.3 Å². The van der Waals surface area contributed by atoms with Crippen LogP contribution in [-0.2, 0) is 0 Å². The number of benzene rings is 5. The zero-order chi connectivity index (χ0) is 21.1. The molecule has 7 aromatic rings. The number of hydrogen-bond acceptors (Lipinski definition) is 2. The van der Waals surface area contributed by atoms with Crippen LogP contribution in [0.15, 0.2) is 109 Å². The lowest BCUT2D eigenvalue weighted by Crippen LogP contribution is -1.89. The Bertz CT molecular complexity index is 1830. The van der Waals surface area contributed by atoms with E-state index in [2.05, 4.69) is 102 Å². The number of aromatic nitrogens is 2. The summed E-state index contributed by atoms with van der Waals surface area (Å²) in [6, 6.07) is 36.8. The van der Waals surface area contributed by atoms with Crippen molar-refractivity contribution in [2.24, 2.45) is 0 Å². The van der Waals surface area contributed by atoms with Crippen molar-refractivity contribution in [3.05, 3.63) is 109 Å². The van der Waals surface area contributed by atoms with Crippen LogP contribution < -0.4 is 0 Å². The summed E-state index contributed by atoms with van der Waals surface area (Å²) >= 11 is 0. The average Bonchev–Trinajstić information content (AvgIpc) is 2.85. The Hall–Kier alpha value is -4.30. The Morgan fingerprint density at radius 2 is 0.969 bits per heavy atom. The Balaban J connectivity index is 1.43. The van der Waals surface area contributed by atoms with Crippen molar-refractivity contribution >= 4 is 54.1 Å². The van der Waals surface area contributed by atoms with Crippen LogP contribution in [0.1, 0.15) is 0 Å². The molecule has 0 bridgehead atoms. The first kappa shape index (κ1) is 17.4. The molecule has 2 nitrogen and oxygen atoms in total. The van der Waals surface area contributed by atoms with E-state index < -0.39 is 0 Å². The number of rotatable bonds is 1. The summed E-state index contributed by atoms with van der Waals surface area (Å²) in [5, 5.41) is 9.76. The first-order valence-corrected chi connectivity index (χ1v) is 10.8. The molecule has 148 valence electrons. The van der Waals surface area contributed by atoms with E-state index in [-0.39, 0.29) is 0 Å². The maximum absolute atomic E-state index is 5.02. The van der Waals surface area contributed by atoms with Gasteiger partial charge in [-0.15, -0.1) is 0 Å². The van der Waals surface area contributed by atoms with Crippen LogP contribution in [-0.4, -0.2) is 9.97 Å². The summed E-state index contributed by atoms with van der Waals surface area (Å²) in [5.74, 6) is 0. The SMILES string of the molecule is c1ccc2cc3cc4cc(-c5ccc6ccc7cccnc7c6n5)ccc4cc3cc2c1. The Morgan fingerprint density at radius 1 is 0.406 bits per heavy atom. The summed E-state index contributed by atoms with van der Waals surface area (Å²) in [7, 11) is 0. The lowest BCUT2D eigenvalue weighted by atomic mass is 9.98. The molecular formula is C30H18N2. The highest BCUT2D eigenvalue weighted by Gasteiger charge is 2.08. The van der Waals surface area contributed by atoms with Crippen molar-refractivity contribution in [2.45, 2.75) is 0 Å². The van der Waals surface area contributed by atoms with Crippen LogP contribution in [0.2, 0.25) is 0 Å². The summed E-state index contributed by atoms with van der Waals surface area (Å²) in [4.78, 5) is 9.61. The summed E-state index contributed by atoms with van der Waals surface area (Å²) in [6.07, 6.45) is 1.83. The first-order chi connectivity index (χ1) is 15.8. The molecule has 0 saturated carbocycles. The zero-order valence-electron chi connectivity index (χ0n) is 17.3. The number of pyridine rings is 2. The highest BCUT2D eigenvalue weighted by Crippen LogP contribution is 2.31. The zero-order valence-corrected chi connectivity index (χ0v) is 17.3.